The van der Waals surface area contributed by atoms with Gasteiger partial charge in [0.2, 0.25) is 5.72 Å². The Hall–Kier alpha value is -6.54. The summed E-state index contributed by atoms with van der Waals surface area (Å²) >= 11 is 0. The number of nitrogens with two attached hydrogens (primary N) is 2. The van der Waals surface area contributed by atoms with E-state index in [9.17, 15) is 33.4 Å². The average molecular weight is 1340 g/mol. The summed E-state index contributed by atoms with van der Waals surface area (Å²) < 4.78 is 58.6. The molecule has 10 aliphatic rings. The van der Waals surface area contributed by atoms with Crippen molar-refractivity contribution in [2.45, 2.75) is 175 Å². The molecule has 2 saturated carbocycles. The largest absolute Gasteiger partial charge is 1.00 e. The quantitative estimate of drug-likeness (QED) is 0.0179. The summed E-state index contributed by atoms with van der Waals surface area (Å²) in [5, 5.41) is 49.2. The van der Waals surface area contributed by atoms with Crippen LogP contribution in [-0.4, -0.2) is 62.9 Å². The molecule has 12 nitrogen and oxygen atoms in total. The van der Waals surface area contributed by atoms with Crippen LogP contribution < -0.4 is 45.8 Å². The Morgan fingerprint density at radius 1 is 0.816 bits per heavy atom. The van der Waals surface area contributed by atoms with Crippen LogP contribution in [0.25, 0.3) is 10.8 Å². The predicted octanol–water partition coefficient (Wildman–Crippen LogP) is 11.9. The van der Waals surface area contributed by atoms with E-state index in [1.807, 2.05) is 30.3 Å². The van der Waals surface area contributed by atoms with Crippen molar-refractivity contribution in [1.82, 2.24) is 0 Å². The van der Waals surface area contributed by atoms with Crippen molar-refractivity contribution in [2.24, 2.45) is 63.8 Å². The van der Waals surface area contributed by atoms with Crippen LogP contribution in [-0.2, 0) is 39.8 Å². The fourth-order valence-corrected chi connectivity index (χ4v) is 21.0. The first-order valence-corrected chi connectivity index (χ1v) is 37.3. The fourth-order valence-electron chi connectivity index (χ4n) is 19.9. The number of ether oxygens (including phenoxy) is 2. The van der Waals surface area contributed by atoms with Crippen LogP contribution in [0.4, 0.5) is 0 Å². The Balaban J connectivity index is 0.00000821. The second-order valence-corrected chi connectivity index (χ2v) is 32.0. The number of hydrogen-bond acceptors (Lipinski definition) is 10. The van der Waals surface area contributed by atoms with E-state index in [0.717, 1.165) is 76.6 Å². The van der Waals surface area contributed by atoms with Gasteiger partial charge >= 0.3 is 29.6 Å². The molecule has 0 unspecified atom stereocenters. The molecule has 1 saturated heterocycles. The summed E-state index contributed by atoms with van der Waals surface area (Å²) in [6.45, 7) is 4.40. The molecule has 8 N–H and O–H groups in total. The number of phenols is 1. The third-order valence-corrected chi connectivity index (χ3v) is 25.9. The molecule has 10 bridgehead atoms. The Labute approximate surface area is 600 Å². The monoisotopic (exact) mass is 1340 g/mol. The van der Waals surface area contributed by atoms with Crippen LogP contribution in [0.1, 0.15) is 194 Å². The zero-order valence-corrected chi connectivity index (χ0v) is 59.6. The number of rotatable bonds is 11. The van der Waals surface area contributed by atoms with Gasteiger partial charge in [0.1, 0.15) is 17.6 Å². The molecule has 3 fully saturated rings. The number of phenolic OH excluding ortho intramolecular Hbond substituents is 1. The molecule has 7 aromatic carbocycles. The van der Waals surface area contributed by atoms with E-state index in [4.69, 9.17) is 25.9 Å². The van der Waals surface area contributed by atoms with Gasteiger partial charge in [-0.2, -0.15) is 0 Å². The second-order valence-electron chi connectivity index (χ2n) is 30.5. The maximum absolute atomic E-state index is 14.5. The van der Waals surface area contributed by atoms with E-state index in [2.05, 4.69) is 153 Å². The van der Waals surface area contributed by atoms with E-state index < -0.39 is 62.6 Å². The van der Waals surface area contributed by atoms with Gasteiger partial charge in [-0.1, -0.05) is 171 Å². The second kappa shape index (κ2) is 28.1. The van der Waals surface area contributed by atoms with Crippen LogP contribution in [0.3, 0.4) is 0 Å². The molecule has 0 amide bonds. The molecule has 7 aromatic rings. The van der Waals surface area contributed by atoms with Gasteiger partial charge < -0.3 is 45.9 Å². The summed E-state index contributed by atoms with van der Waals surface area (Å²) in [7, 11) is -4.98. The molecule has 17 rings (SSSR count). The minimum absolute atomic E-state index is 0. The van der Waals surface area contributed by atoms with Crippen molar-refractivity contribution >= 4 is 26.9 Å². The van der Waals surface area contributed by atoms with Crippen LogP contribution in [0.15, 0.2) is 180 Å². The summed E-state index contributed by atoms with van der Waals surface area (Å²) in [6.07, 6.45) is 15.3. The van der Waals surface area contributed by atoms with Crippen LogP contribution in [0.2, 0.25) is 0 Å². The number of allylic oxidation sites excluding steroid dienone is 3. The zero-order chi connectivity index (χ0) is 66.9. The normalized spacial score (nSPS) is 32.1. The molecule has 5 aliphatic heterocycles. The van der Waals surface area contributed by atoms with Gasteiger partial charge in [0.15, 0.2) is 5.96 Å². The molecule has 0 spiro atoms. The minimum Gasteiger partial charge on any atom is -0.748 e. The molecule has 18 atom stereocenters. The molecule has 504 valence electrons. The maximum Gasteiger partial charge on any atom is 1.00 e. The van der Waals surface area contributed by atoms with Crippen molar-refractivity contribution in [1.29, 1.82) is 0 Å². The van der Waals surface area contributed by atoms with Gasteiger partial charge in [0.05, 0.1) is 33.2 Å². The first-order valence-electron chi connectivity index (χ1n) is 35.9. The number of hydrogen-bond donors (Lipinski definition) is 6. The smallest absolute Gasteiger partial charge is 0.748 e. The maximum atomic E-state index is 14.5. The summed E-state index contributed by atoms with van der Waals surface area (Å²) in [5.41, 5.74) is 22.1. The topological polar surface area (TPSA) is 221 Å². The summed E-state index contributed by atoms with van der Waals surface area (Å²) in [6, 6.07) is 51.4. The third-order valence-electron chi connectivity index (χ3n) is 24.6. The van der Waals surface area contributed by atoms with Gasteiger partial charge in [0, 0.05) is 53.9 Å². The molecule has 5 aliphatic carbocycles. The van der Waals surface area contributed by atoms with E-state index in [1.165, 1.54) is 21.9 Å². The van der Waals surface area contributed by atoms with Gasteiger partial charge in [-0.25, -0.2) is 13.4 Å². The Kier molecular flexibility index (Phi) is 19.7. The van der Waals surface area contributed by atoms with Crippen molar-refractivity contribution in [3.8, 4) is 23.3 Å². The number of aliphatic hydroxyl groups is 3. The van der Waals surface area contributed by atoms with Crippen molar-refractivity contribution < 1.29 is 72.4 Å². The molecule has 0 radical (unpaired) electrons. The third kappa shape index (κ3) is 13.3. The SMILES string of the molecule is C[C@@H]1CC=C[C@@H](c2ccc3ccccc3c2C[C@H](O)c2ccc([C@@H]3CC[C@@H]4CC[C@@H]([C@@]5(N=C(N)N)Oc6ccc7c(c6)CC[C@@H](C)[C@@H]7C[C@@H](S(=O)(=O)[O-])[C@H]6C=C7C[C@H](C[C@H]8C[C@@H](CO)CC#Cc9cc(O)ccc9[C@@H]7O8)[C@@H]6c6ccc5cc6)[C@@H](Cc5ccccc5)[C@]4(O)C3)cc2)C1.[Na+]. The van der Waals surface area contributed by atoms with Crippen LogP contribution >= 0.6 is 0 Å². The number of guanidine groups is 1. The number of aromatic hydroxyl groups is 1. The Morgan fingerprint density at radius 2 is 1.57 bits per heavy atom. The number of benzene rings is 7. The van der Waals surface area contributed by atoms with E-state index in [1.54, 1.807) is 12.1 Å². The molecular weight excluding hydrogens is 1250 g/mol. The number of nitrogens with zero attached hydrogens (tertiary/aromatic N) is 1. The van der Waals surface area contributed by atoms with Crippen LogP contribution in [0.5, 0.6) is 11.5 Å². The number of aryl methyl sites for hydroxylation is 1. The van der Waals surface area contributed by atoms with Gasteiger partial charge in [-0.05, 0) is 228 Å². The molecule has 0 aromatic heterocycles. The van der Waals surface area contributed by atoms with E-state index >= 15 is 0 Å². The number of aliphatic hydroxyl groups excluding tert-OH is 2. The van der Waals surface area contributed by atoms with Crippen LogP contribution in [0, 0.1) is 59.2 Å². The van der Waals surface area contributed by atoms with Gasteiger partial charge in [0.25, 0.3) is 0 Å². The van der Waals surface area contributed by atoms with Gasteiger partial charge in [-0.15, -0.1) is 0 Å². The molecular formula is C84H92N3NaO9S. The Bertz CT molecular complexity index is 4350. The molecule has 5 heterocycles. The average Bonchev–Trinajstić information content (AvgIpc) is 0.907. The van der Waals surface area contributed by atoms with E-state index in [-0.39, 0.29) is 95.9 Å². The molecule has 14 heteroatoms. The first-order chi connectivity index (χ1) is 46.9. The summed E-state index contributed by atoms with van der Waals surface area (Å²) in [4.78, 5) is 5.39. The van der Waals surface area contributed by atoms with E-state index in [0.29, 0.717) is 92.9 Å². The number of aliphatic imine (C=N–C) groups is 1. The minimum atomic E-state index is -4.98. The first kappa shape index (κ1) is 68.6. The predicted molar refractivity (Wildman–Crippen MR) is 379 cm³/mol. The molecule has 98 heavy (non-hydrogen) atoms. The standard InChI is InChI=1S/C84H93N3O9S.Na/c1-50-10-8-15-58(38-50)71-34-27-55-14-6-7-17-69(55)74(71)46-78(90)56-22-20-54(21-23-56)61-26-28-64-31-37-76(77(83(64,91)48-61)40-52-11-4-3-5-12-52)84(87-82(85)86)65-29-24-57(25-30-65)80-62-41-63(81-72-35-32-66(89)42-59(72)16-9-13-53(49-88)39-68(44-62)95-81)45-75(80)79(97(92,93)94)47-73-51(2)18-19-60-43-67(96-84)33-36-70(60)73;/h3-8,11-12,14-15,17,20-25,27,29-30,32-36,42-43,45,50-51,53,58,61-62,64,68,73,75-81,88-91H,10,13,18-19,26,28,31,37-41,44,46-49H2,1-2H3,(H4,85,86,87)(H,92,93,94);/q;+1/p-1/t50-,51-,53+,58-,61-,62-,64-,68-,73+,75-,76-,77-,78+,79-,80+,81-,83+,84+;/m1./s1. The van der Waals surface area contributed by atoms with Crippen molar-refractivity contribution in [3.05, 3.63) is 237 Å². The van der Waals surface area contributed by atoms with Crippen molar-refractivity contribution in [3.63, 3.8) is 0 Å². The van der Waals surface area contributed by atoms with Crippen molar-refractivity contribution in [2.75, 3.05) is 6.61 Å². The van der Waals surface area contributed by atoms with Gasteiger partial charge in [-0.3, -0.25) is 0 Å². The summed E-state index contributed by atoms with van der Waals surface area (Å²) in [5.74, 6) is 5.08. The Morgan fingerprint density at radius 3 is 2.35 bits per heavy atom. The number of fused-ring (bicyclic) bond motifs is 10. The zero-order valence-electron chi connectivity index (χ0n) is 56.8. The fraction of sp³-hybridized carbons (Fsp3) is 0.440.